The van der Waals surface area contributed by atoms with E-state index in [-0.39, 0.29) is 5.54 Å². The summed E-state index contributed by atoms with van der Waals surface area (Å²) < 4.78 is 0. The zero-order chi connectivity index (χ0) is 14.0. The van der Waals surface area contributed by atoms with Crippen molar-refractivity contribution in [3.05, 3.63) is 30.5 Å². The molecule has 1 saturated carbocycles. The molecule has 2 aromatic rings. The van der Waals surface area contributed by atoms with E-state index in [9.17, 15) is 0 Å². The summed E-state index contributed by atoms with van der Waals surface area (Å²) in [6.45, 7) is 2.91. The largest absolute Gasteiger partial charge is 0.347 e. The Morgan fingerprint density at radius 3 is 3.00 bits per heavy atom. The molecule has 0 aliphatic heterocycles. The van der Waals surface area contributed by atoms with Gasteiger partial charge in [-0.25, -0.2) is 9.97 Å². The molecule has 4 nitrogen and oxygen atoms in total. The zero-order valence-electron chi connectivity index (χ0n) is 12.0. The van der Waals surface area contributed by atoms with E-state index in [2.05, 4.69) is 22.2 Å². The minimum atomic E-state index is -0.0549. The molecule has 1 heterocycles. The van der Waals surface area contributed by atoms with Crippen molar-refractivity contribution in [3.8, 4) is 0 Å². The molecule has 20 heavy (non-hydrogen) atoms. The van der Waals surface area contributed by atoms with Gasteiger partial charge in [-0.2, -0.15) is 0 Å². The number of hydrogen-bond acceptors (Lipinski definition) is 4. The number of para-hydroxylation sites is 1. The van der Waals surface area contributed by atoms with E-state index in [1.54, 1.807) is 0 Å². The van der Waals surface area contributed by atoms with E-state index in [1.165, 1.54) is 19.3 Å². The van der Waals surface area contributed by atoms with Crippen LogP contribution in [0.15, 0.2) is 30.5 Å². The first-order valence-corrected chi connectivity index (χ1v) is 7.43. The maximum atomic E-state index is 6.07. The van der Waals surface area contributed by atoms with Gasteiger partial charge >= 0.3 is 0 Å². The van der Waals surface area contributed by atoms with Crippen LogP contribution in [0.4, 0.5) is 5.95 Å². The number of benzene rings is 1. The van der Waals surface area contributed by atoms with Crippen molar-refractivity contribution in [2.75, 3.05) is 11.9 Å². The summed E-state index contributed by atoms with van der Waals surface area (Å²) in [6, 6.07) is 8.05. The molecule has 0 amide bonds. The molecule has 106 valence electrons. The molecule has 0 radical (unpaired) electrons. The number of anilines is 1. The second-order valence-corrected chi connectivity index (χ2v) is 5.88. The summed E-state index contributed by atoms with van der Waals surface area (Å²) in [7, 11) is 0. The van der Waals surface area contributed by atoms with Crippen molar-refractivity contribution in [3.63, 3.8) is 0 Å². The van der Waals surface area contributed by atoms with Gasteiger partial charge in [-0.15, -0.1) is 0 Å². The van der Waals surface area contributed by atoms with Crippen molar-refractivity contribution in [2.45, 2.75) is 38.1 Å². The first kappa shape index (κ1) is 13.3. The molecule has 2 unspecified atom stereocenters. The summed E-state index contributed by atoms with van der Waals surface area (Å²) in [5, 5.41) is 4.60. The Kier molecular flexibility index (Phi) is 3.57. The third-order valence-corrected chi connectivity index (χ3v) is 4.67. The van der Waals surface area contributed by atoms with Crippen LogP contribution in [0.5, 0.6) is 0 Å². The van der Waals surface area contributed by atoms with Gasteiger partial charge in [0, 0.05) is 18.1 Å². The van der Waals surface area contributed by atoms with Crippen molar-refractivity contribution in [2.24, 2.45) is 11.7 Å². The maximum Gasteiger partial charge on any atom is 0.223 e. The fraction of sp³-hybridized carbons (Fsp3) is 0.500. The van der Waals surface area contributed by atoms with Gasteiger partial charge in [0.1, 0.15) is 0 Å². The van der Waals surface area contributed by atoms with E-state index >= 15 is 0 Å². The number of hydrogen-bond donors (Lipinski definition) is 2. The molecule has 0 spiro atoms. The fourth-order valence-electron chi connectivity index (χ4n) is 3.21. The minimum Gasteiger partial charge on any atom is -0.347 e. The van der Waals surface area contributed by atoms with E-state index in [0.717, 1.165) is 17.3 Å². The Balaban J connectivity index is 1.90. The van der Waals surface area contributed by atoms with Crippen LogP contribution in [-0.4, -0.2) is 22.1 Å². The highest BCUT2D eigenvalue weighted by Crippen LogP contribution is 2.35. The third kappa shape index (κ3) is 2.36. The van der Waals surface area contributed by atoms with Gasteiger partial charge < -0.3 is 11.1 Å². The van der Waals surface area contributed by atoms with Gasteiger partial charge in [0.2, 0.25) is 5.95 Å². The molecule has 1 fully saturated rings. The summed E-state index contributed by atoms with van der Waals surface area (Å²) in [6.07, 6.45) is 6.71. The third-order valence-electron chi connectivity index (χ3n) is 4.67. The number of aromatic nitrogens is 2. The molecule has 3 N–H and O–H groups in total. The monoisotopic (exact) mass is 270 g/mol. The Morgan fingerprint density at radius 1 is 1.35 bits per heavy atom. The summed E-state index contributed by atoms with van der Waals surface area (Å²) in [5.41, 5.74) is 6.99. The van der Waals surface area contributed by atoms with Crippen LogP contribution in [0.1, 0.15) is 32.6 Å². The molecular formula is C16H22N4. The highest BCUT2D eigenvalue weighted by molar-refractivity contribution is 5.78. The van der Waals surface area contributed by atoms with Crippen LogP contribution in [0.3, 0.4) is 0 Å². The number of rotatable bonds is 3. The predicted molar refractivity (Wildman–Crippen MR) is 82.6 cm³/mol. The van der Waals surface area contributed by atoms with Crippen LogP contribution >= 0.6 is 0 Å². The average molecular weight is 270 g/mol. The standard InChI is InChI=1S/C16H22N4/c1-12-6-4-5-9-16(12,11-17)20-15-18-10-13-7-2-3-8-14(13)19-15/h2-3,7-8,10,12H,4-6,9,11,17H2,1H3,(H,18,19,20). The first-order chi connectivity index (χ1) is 9.73. The molecular weight excluding hydrogens is 248 g/mol. The predicted octanol–water partition coefficient (Wildman–Crippen LogP) is 2.95. The van der Waals surface area contributed by atoms with Crippen molar-refractivity contribution in [1.82, 2.24) is 9.97 Å². The van der Waals surface area contributed by atoms with Crippen molar-refractivity contribution in [1.29, 1.82) is 0 Å². The van der Waals surface area contributed by atoms with Crippen molar-refractivity contribution < 1.29 is 0 Å². The molecule has 1 aliphatic carbocycles. The zero-order valence-corrected chi connectivity index (χ0v) is 12.0. The summed E-state index contributed by atoms with van der Waals surface area (Å²) in [5.74, 6) is 1.25. The highest BCUT2D eigenvalue weighted by atomic mass is 15.2. The molecule has 1 aromatic carbocycles. The van der Waals surface area contributed by atoms with Gasteiger partial charge in [-0.3, -0.25) is 0 Å². The minimum absolute atomic E-state index is 0.0549. The van der Waals surface area contributed by atoms with Crippen LogP contribution < -0.4 is 11.1 Å². The molecule has 4 heteroatoms. The normalized spacial score (nSPS) is 26.6. The van der Waals surface area contributed by atoms with Gasteiger partial charge in [-0.1, -0.05) is 38.0 Å². The average Bonchev–Trinajstić information content (AvgIpc) is 2.49. The highest BCUT2D eigenvalue weighted by Gasteiger charge is 2.37. The van der Waals surface area contributed by atoms with E-state index < -0.39 is 0 Å². The number of fused-ring (bicyclic) bond motifs is 1. The van der Waals surface area contributed by atoms with Gasteiger partial charge in [0.25, 0.3) is 0 Å². The first-order valence-electron chi connectivity index (χ1n) is 7.43. The fourth-order valence-corrected chi connectivity index (χ4v) is 3.21. The van der Waals surface area contributed by atoms with Crippen LogP contribution in [0.25, 0.3) is 10.9 Å². The van der Waals surface area contributed by atoms with Gasteiger partial charge in [0.05, 0.1) is 11.1 Å². The Labute approximate surface area is 119 Å². The van der Waals surface area contributed by atoms with E-state index in [4.69, 9.17) is 5.73 Å². The lowest BCUT2D eigenvalue weighted by Gasteiger charge is -2.42. The SMILES string of the molecule is CC1CCCCC1(CN)Nc1ncc2ccccc2n1. The number of nitrogens with zero attached hydrogens (tertiary/aromatic N) is 2. The smallest absolute Gasteiger partial charge is 0.223 e. The quantitative estimate of drug-likeness (QED) is 0.900. The van der Waals surface area contributed by atoms with Crippen LogP contribution in [0.2, 0.25) is 0 Å². The molecule has 0 bridgehead atoms. The Hall–Kier alpha value is -1.68. The molecule has 1 aromatic heterocycles. The lowest BCUT2D eigenvalue weighted by Crippen LogP contribution is -2.52. The van der Waals surface area contributed by atoms with Gasteiger partial charge in [-0.05, 0) is 24.8 Å². The van der Waals surface area contributed by atoms with Crippen molar-refractivity contribution >= 4 is 16.9 Å². The lowest BCUT2D eigenvalue weighted by atomic mass is 9.73. The molecule has 0 saturated heterocycles. The number of nitrogens with one attached hydrogen (secondary N) is 1. The number of nitrogens with two attached hydrogens (primary N) is 1. The topological polar surface area (TPSA) is 63.8 Å². The maximum absolute atomic E-state index is 6.07. The Morgan fingerprint density at radius 2 is 2.20 bits per heavy atom. The van der Waals surface area contributed by atoms with Gasteiger partial charge in [0.15, 0.2) is 0 Å². The molecule has 3 rings (SSSR count). The summed E-state index contributed by atoms with van der Waals surface area (Å²) >= 11 is 0. The molecule has 2 atom stereocenters. The van der Waals surface area contributed by atoms with Crippen LogP contribution in [-0.2, 0) is 0 Å². The van der Waals surface area contributed by atoms with Crippen LogP contribution in [0, 0.1) is 5.92 Å². The lowest BCUT2D eigenvalue weighted by molar-refractivity contribution is 0.234. The summed E-state index contributed by atoms with van der Waals surface area (Å²) in [4.78, 5) is 9.07. The van der Waals surface area contributed by atoms with E-state index in [0.29, 0.717) is 18.4 Å². The van der Waals surface area contributed by atoms with E-state index in [1.807, 2.05) is 30.5 Å². The Bertz CT molecular complexity index is 598. The second-order valence-electron chi connectivity index (χ2n) is 5.88. The second kappa shape index (κ2) is 5.37. The molecule has 1 aliphatic rings.